The van der Waals surface area contributed by atoms with Gasteiger partial charge in [0.25, 0.3) is 0 Å². The second-order valence-electron chi connectivity index (χ2n) is 3.52. The van der Waals surface area contributed by atoms with Gasteiger partial charge in [-0.3, -0.25) is 5.01 Å². The van der Waals surface area contributed by atoms with Gasteiger partial charge in [-0.1, -0.05) is 0 Å². The Morgan fingerprint density at radius 3 is 2.81 bits per heavy atom. The number of hydrogen-bond acceptors (Lipinski definition) is 4. The number of halogens is 1. The molecule has 2 rings (SSSR count). The Kier molecular flexibility index (Phi) is 3.79. The van der Waals surface area contributed by atoms with Crippen LogP contribution in [0.2, 0.25) is 0 Å². The molecule has 1 aromatic rings. The van der Waals surface area contributed by atoms with E-state index in [-0.39, 0.29) is 5.75 Å². The molecule has 1 aliphatic rings. The molecule has 1 saturated heterocycles. The van der Waals surface area contributed by atoms with Crippen LogP contribution in [-0.2, 0) is 4.74 Å². The molecule has 4 nitrogen and oxygen atoms in total. The summed E-state index contributed by atoms with van der Waals surface area (Å²) < 4.78 is 5.91. The van der Waals surface area contributed by atoms with Crippen LogP contribution in [0.15, 0.2) is 27.8 Å². The first-order chi connectivity index (χ1) is 7.75. The van der Waals surface area contributed by atoms with Gasteiger partial charge >= 0.3 is 0 Å². The molecule has 0 saturated carbocycles. The SMILES string of the molecule is Oc1ccc(/C=N/N2CCOCC2)cc1Br. The second kappa shape index (κ2) is 5.32. The Hall–Kier alpha value is -1.07. The van der Waals surface area contributed by atoms with E-state index in [9.17, 15) is 5.11 Å². The van der Waals surface area contributed by atoms with Gasteiger partial charge in [0.15, 0.2) is 0 Å². The van der Waals surface area contributed by atoms with Crippen molar-refractivity contribution in [1.29, 1.82) is 0 Å². The highest BCUT2D eigenvalue weighted by Gasteiger charge is 2.06. The van der Waals surface area contributed by atoms with Crippen molar-refractivity contribution in [3.05, 3.63) is 28.2 Å². The molecular weight excluding hydrogens is 272 g/mol. The van der Waals surface area contributed by atoms with Gasteiger partial charge in [-0.15, -0.1) is 0 Å². The highest BCUT2D eigenvalue weighted by molar-refractivity contribution is 9.10. The third-order valence-electron chi connectivity index (χ3n) is 2.33. The Labute approximate surface area is 103 Å². The van der Waals surface area contributed by atoms with Gasteiger partial charge in [-0.2, -0.15) is 5.10 Å². The van der Waals surface area contributed by atoms with Crippen molar-refractivity contribution >= 4 is 22.1 Å². The number of ether oxygens (including phenoxy) is 1. The maximum Gasteiger partial charge on any atom is 0.129 e. The summed E-state index contributed by atoms with van der Waals surface area (Å²) in [6.45, 7) is 3.12. The van der Waals surface area contributed by atoms with Crippen LogP contribution in [0.3, 0.4) is 0 Å². The number of benzene rings is 1. The number of phenolic OH excluding ortho intramolecular Hbond substituents is 1. The van der Waals surface area contributed by atoms with E-state index in [0.717, 1.165) is 31.9 Å². The molecule has 1 heterocycles. The van der Waals surface area contributed by atoms with Crippen LogP contribution in [0.25, 0.3) is 0 Å². The minimum Gasteiger partial charge on any atom is -0.507 e. The third-order valence-corrected chi connectivity index (χ3v) is 2.96. The van der Waals surface area contributed by atoms with Crippen molar-refractivity contribution in [2.24, 2.45) is 5.10 Å². The van der Waals surface area contributed by atoms with Gasteiger partial charge in [-0.25, -0.2) is 0 Å². The number of nitrogens with zero attached hydrogens (tertiary/aromatic N) is 2. The number of morpholine rings is 1. The van der Waals surface area contributed by atoms with Crippen molar-refractivity contribution < 1.29 is 9.84 Å². The molecule has 0 amide bonds. The molecule has 0 spiro atoms. The summed E-state index contributed by atoms with van der Waals surface area (Å²) in [6.07, 6.45) is 1.79. The van der Waals surface area contributed by atoms with Gasteiger partial charge in [0, 0.05) is 0 Å². The standard InChI is InChI=1S/C11H13BrN2O2/c12-10-7-9(1-2-11(10)15)8-13-14-3-5-16-6-4-14/h1-2,7-8,15H,3-6H2/b13-8+. The zero-order valence-electron chi connectivity index (χ0n) is 8.77. The number of rotatable bonds is 2. The van der Waals surface area contributed by atoms with Crippen LogP contribution in [0, 0.1) is 0 Å². The van der Waals surface area contributed by atoms with Gasteiger partial charge < -0.3 is 9.84 Å². The third kappa shape index (κ3) is 2.96. The summed E-state index contributed by atoms with van der Waals surface area (Å²) in [4.78, 5) is 0. The van der Waals surface area contributed by atoms with Crippen LogP contribution in [-0.4, -0.2) is 42.6 Å². The van der Waals surface area contributed by atoms with E-state index in [0.29, 0.717) is 4.47 Å². The molecule has 86 valence electrons. The molecule has 16 heavy (non-hydrogen) atoms. The summed E-state index contributed by atoms with van der Waals surface area (Å²) in [5, 5.41) is 15.7. The first-order valence-corrected chi connectivity index (χ1v) is 5.90. The molecule has 1 aromatic carbocycles. The molecule has 0 radical (unpaired) electrons. The average Bonchev–Trinajstić information content (AvgIpc) is 2.32. The molecule has 0 aromatic heterocycles. The van der Waals surface area contributed by atoms with Gasteiger partial charge in [0.2, 0.25) is 0 Å². The number of phenols is 1. The Morgan fingerprint density at radius 2 is 2.12 bits per heavy atom. The van der Waals surface area contributed by atoms with E-state index in [1.54, 1.807) is 12.3 Å². The maximum atomic E-state index is 9.34. The van der Waals surface area contributed by atoms with Crippen molar-refractivity contribution in [2.75, 3.05) is 26.3 Å². The lowest BCUT2D eigenvalue weighted by Crippen LogP contribution is -2.32. The average molecular weight is 285 g/mol. The van der Waals surface area contributed by atoms with E-state index in [4.69, 9.17) is 4.74 Å². The maximum absolute atomic E-state index is 9.34. The zero-order valence-corrected chi connectivity index (χ0v) is 10.4. The predicted octanol–water partition coefficient (Wildman–Crippen LogP) is 1.82. The Balaban J connectivity index is 2.02. The van der Waals surface area contributed by atoms with Crippen molar-refractivity contribution in [1.82, 2.24) is 5.01 Å². The lowest BCUT2D eigenvalue weighted by molar-refractivity contribution is 0.0397. The molecule has 1 N–H and O–H groups in total. The van der Waals surface area contributed by atoms with E-state index >= 15 is 0 Å². The fourth-order valence-electron chi connectivity index (χ4n) is 1.42. The Morgan fingerprint density at radius 1 is 1.38 bits per heavy atom. The lowest BCUT2D eigenvalue weighted by atomic mass is 10.2. The van der Waals surface area contributed by atoms with Crippen LogP contribution < -0.4 is 0 Å². The summed E-state index contributed by atoms with van der Waals surface area (Å²) in [7, 11) is 0. The number of aromatic hydroxyl groups is 1. The smallest absolute Gasteiger partial charge is 0.129 e. The minimum atomic E-state index is 0.239. The highest BCUT2D eigenvalue weighted by atomic mass is 79.9. The highest BCUT2D eigenvalue weighted by Crippen LogP contribution is 2.23. The molecule has 1 fully saturated rings. The van der Waals surface area contributed by atoms with Crippen LogP contribution >= 0.6 is 15.9 Å². The summed E-state index contributed by atoms with van der Waals surface area (Å²) >= 11 is 3.27. The van der Waals surface area contributed by atoms with Gasteiger partial charge in [0.1, 0.15) is 5.75 Å². The summed E-state index contributed by atoms with van der Waals surface area (Å²) in [5.74, 6) is 0.239. The van der Waals surface area contributed by atoms with Crippen LogP contribution in [0.1, 0.15) is 5.56 Å². The van der Waals surface area contributed by atoms with E-state index in [1.165, 1.54) is 0 Å². The first kappa shape index (κ1) is 11.4. The van der Waals surface area contributed by atoms with Gasteiger partial charge in [-0.05, 0) is 39.7 Å². The van der Waals surface area contributed by atoms with E-state index in [2.05, 4.69) is 21.0 Å². The number of hydrazone groups is 1. The monoisotopic (exact) mass is 284 g/mol. The topological polar surface area (TPSA) is 45.1 Å². The molecule has 1 aliphatic heterocycles. The van der Waals surface area contributed by atoms with Gasteiger partial charge in [0.05, 0.1) is 37.0 Å². The quantitative estimate of drug-likeness (QED) is 0.843. The van der Waals surface area contributed by atoms with Crippen LogP contribution in [0.4, 0.5) is 0 Å². The number of hydrogen-bond donors (Lipinski definition) is 1. The second-order valence-corrected chi connectivity index (χ2v) is 4.38. The van der Waals surface area contributed by atoms with E-state index < -0.39 is 0 Å². The van der Waals surface area contributed by atoms with Crippen molar-refractivity contribution in [3.63, 3.8) is 0 Å². The molecule has 0 atom stereocenters. The van der Waals surface area contributed by atoms with Crippen molar-refractivity contribution in [2.45, 2.75) is 0 Å². The lowest BCUT2D eigenvalue weighted by Gasteiger charge is -2.23. The summed E-state index contributed by atoms with van der Waals surface area (Å²) in [5.41, 5.74) is 0.955. The normalized spacial score (nSPS) is 16.9. The first-order valence-electron chi connectivity index (χ1n) is 5.11. The molecular formula is C11H13BrN2O2. The van der Waals surface area contributed by atoms with E-state index in [1.807, 2.05) is 17.1 Å². The molecule has 0 bridgehead atoms. The molecule has 0 unspecified atom stereocenters. The molecule has 5 heteroatoms. The van der Waals surface area contributed by atoms with Crippen LogP contribution in [0.5, 0.6) is 5.75 Å². The fraction of sp³-hybridized carbons (Fsp3) is 0.364. The fourth-order valence-corrected chi connectivity index (χ4v) is 1.82. The predicted molar refractivity (Wildman–Crippen MR) is 65.8 cm³/mol. The summed E-state index contributed by atoms with van der Waals surface area (Å²) in [6, 6.07) is 5.30. The zero-order chi connectivity index (χ0) is 11.4. The van der Waals surface area contributed by atoms with Crippen molar-refractivity contribution in [3.8, 4) is 5.75 Å². The largest absolute Gasteiger partial charge is 0.507 e. The molecule has 0 aliphatic carbocycles. The Bertz CT molecular complexity index is 390. The minimum absolute atomic E-state index is 0.239.